The third kappa shape index (κ3) is 4.38. The van der Waals surface area contributed by atoms with Crippen LogP contribution in [0.25, 0.3) is 0 Å². The van der Waals surface area contributed by atoms with Crippen molar-refractivity contribution in [2.75, 3.05) is 39.3 Å². The average Bonchev–Trinajstić information content (AvgIpc) is 2.93. The lowest BCUT2D eigenvalue weighted by atomic mass is 10.0. The van der Waals surface area contributed by atoms with E-state index in [9.17, 15) is 13.2 Å². The second-order valence-electron chi connectivity index (χ2n) is 5.94. The van der Waals surface area contributed by atoms with Crippen LogP contribution in [0.4, 0.5) is 0 Å². The summed E-state index contributed by atoms with van der Waals surface area (Å²) in [6.07, 6.45) is 2.16. The number of likely N-dealkylation sites (tertiary alicyclic amines) is 1. The van der Waals surface area contributed by atoms with Gasteiger partial charge in [-0.1, -0.05) is 6.92 Å². The molecule has 0 aromatic heterocycles. The van der Waals surface area contributed by atoms with Crippen molar-refractivity contribution in [3.63, 3.8) is 0 Å². The lowest BCUT2D eigenvalue weighted by molar-refractivity contribution is -0.142. The fourth-order valence-corrected chi connectivity index (χ4v) is 4.42. The Morgan fingerprint density at radius 2 is 2.05 bits per heavy atom. The molecule has 122 valence electrons. The normalized spacial score (nSPS) is 28.8. The van der Waals surface area contributed by atoms with Crippen LogP contribution in [-0.4, -0.2) is 68.0 Å². The van der Waals surface area contributed by atoms with Gasteiger partial charge in [0.1, 0.15) is 0 Å². The maximum Gasteiger partial charge on any atom is 0.307 e. The summed E-state index contributed by atoms with van der Waals surface area (Å²) >= 11 is 0. The zero-order valence-electron chi connectivity index (χ0n) is 12.5. The first-order valence-electron chi connectivity index (χ1n) is 7.62. The summed E-state index contributed by atoms with van der Waals surface area (Å²) in [6.45, 7) is 5.97. The Kier molecular flexibility index (Phi) is 5.59. The van der Waals surface area contributed by atoms with E-state index in [1.165, 1.54) is 4.31 Å². The number of piperidine rings is 1. The van der Waals surface area contributed by atoms with E-state index in [0.29, 0.717) is 31.8 Å². The van der Waals surface area contributed by atoms with E-state index < -0.39 is 22.1 Å². The Morgan fingerprint density at radius 1 is 1.29 bits per heavy atom. The Bertz CT molecular complexity index is 468. The number of carbonyl (C=O) groups is 1. The highest BCUT2D eigenvalue weighted by Gasteiger charge is 2.32. The van der Waals surface area contributed by atoms with Gasteiger partial charge in [-0.05, 0) is 38.3 Å². The van der Waals surface area contributed by atoms with Crippen LogP contribution in [-0.2, 0) is 15.0 Å². The maximum absolute atomic E-state index is 12.3. The summed E-state index contributed by atoms with van der Waals surface area (Å²) in [5.41, 5.74) is 0. The van der Waals surface area contributed by atoms with Crippen LogP contribution >= 0.6 is 0 Å². The van der Waals surface area contributed by atoms with Crippen molar-refractivity contribution in [3.8, 4) is 0 Å². The fraction of sp³-hybridized carbons (Fsp3) is 0.923. The summed E-state index contributed by atoms with van der Waals surface area (Å²) in [5, 5.41) is 9.03. The number of carboxylic acids is 1. The summed E-state index contributed by atoms with van der Waals surface area (Å²) in [7, 11) is -3.56. The quantitative estimate of drug-likeness (QED) is 0.717. The minimum Gasteiger partial charge on any atom is -0.481 e. The molecule has 0 saturated carbocycles. The van der Waals surface area contributed by atoms with Gasteiger partial charge < -0.3 is 10.0 Å². The molecule has 0 spiro atoms. The smallest absolute Gasteiger partial charge is 0.307 e. The Morgan fingerprint density at radius 3 is 2.67 bits per heavy atom. The second-order valence-corrected chi connectivity index (χ2v) is 7.69. The van der Waals surface area contributed by atoms with Crippen LogP contribution in [0.3, 0.4) is 0 Å². The Balaban J connectivity index is 1.85. The first-order valence-corrected chi connectivity index (χ1v) is 9.06. The fourth-order valence-electron chi connectivity index (χ4n) is 3.04. The number of aliphatic carboxylic acids is 1. The number of hydrogen-bond acceptors (Lipinski definition) is 4. The van der Waals surface area contributed by atoms with Gasteiger partial charge in [-0.25, -0.2) is 4.72 Å². The summed E-state index contributed by atoms with van der Waals surface area (Å²) in [4.78, 5) is 13.3. The van der Waals surface area contributed by atoms with Gasteiger partial charge in [-0.2, -0.15) is 12.7 Å². The molecule has 2 aliphatic heterocycles. The number of nitrogens with zero attached hydrogens (tertiary/aromatic N) is 2. The maximum atomic E-state index is 12.3. The summed E-state index contributed by atoms with van der Waals surface area (Å²) in [6, 6.07) is 0. The molecule has 2 heterocycles. The topological polar surface area (TPSA) is 90.0 Å². The van der Waals surface area contributed by atoms with Crippen LogP contribution in [0.1, 0.15) is 26.2 Å². The minimum absolute atomic E-state index is 0.0798. The second kappa shape index (κ2) is 7.04. The highest BCUT2D eigenvalue weighted by Crippen LogP contribution is 2.20. The van der Waals surface area contributed by atoms with E-state index in [2.05, 4.69) is 16.5 Å². The molecule has 2 atom stereocenters. The molecule has 0 aromatic rings. The zero-order chi connectivity index (χ0) is 15.5. The number of carboxylic acid groups (broad SMARTS) is 1. The molecule has 0 bridgehead atoms. The van der Waals surface area contributed by atoms with Gasteiger partial charge in [0.15, 0.2) is 0 Å². The van der Waals surface area contributed by atoms with Crippen LogP contribution < -0.4 is 4.72 Å². The molecule has 0 aliphatic carbocycles. The monoisotopic (exact) mass is 319 g/mol. The van der Waals surface area contributed by atoms with E-state index >= 15 is 0 Å². The van der Waals surface area contributed by atoms with Crippen LogP contribution in [0.15, 0.2) is 0 Å². The van der Waals surface area contributed by atoms with Crippen LogP contribution in [0, 0.1) is 11.8 Å². The van der Waals surface area contributed by atoms with Gasteiger partial charge in [0.05, 0.1) is 5.92 Å². The average molecular weight is 319 g/mol. The highest BCUT2D eigenvalue weighted by molar-refractivity contribution is 7.87. The van der Waals surface area contributed by atoms with Gasteiger partial charge in [-0.15, -0.1) is 0 Å². The molecule has 0 radical (unpaired) electrons. The molecule has 2 unspecified atom stereocenters. The van der Waals surface area contributed by atoms with Crippen molar-refractivity contribution in [3.05, 3.63) is 0 Å². The van der Waals surface area contributed by atoms with Crippen LogP contribution in [0.5, 0.6) is 0 Å². The third-order valence-corrected chi connectivity index (χ3v) is 5.99. The number of hydrogen-bond donors (Lipinski definition) is 2. The molecular formula is C13H25N3O4S. The van der Waals surface area contributed by atoms with Crippen molar-refractivity contribution in [2.24, 2.45) is 11.8 Å². The SMILES string of the molecule is CCN1CCC(CNS(=O)(=O)N2CCCC(C(=O)O)C2)C1. The molecule has 7 nitrogen and oxygen atoms in total. The zero-order valence-corrected chi connectivity index (χ0v) is 13.3. The van der Waals surface area contributed by atoms with Gasteiger partial charge in [-0.3, -0.25) is 4.79 Å². The van der Waals surface area contributed by atoms with Crippen molar-refractivity contribution in [1.82, 2.24) is 13.9 Å². The van der Waals surface area contributed by atoms with Gasteiger partial charge in [0.2, 0.25) is 0 Å². The first-order chi connectivity index (χ1) is 9.92. The molecular weight excluding hydrogens is 294 g/mol. The van der Waals surface area contributed by atoms with E-state index in [4.69, 9.17) is 5.11 Å². The van der Waals surface area contributed by atoms with E-state index in [1.54, 1.807) is 0 Å². The van der Waals surface area contributed by atoms with Gasteiger partial charge >= 0.3 is 5.97 Å². The number of nitrogens with one attached hydrogen (secondary N) is 1. The van der Waals surface area contributed by atoms with E-state index in [0.717, 1.165) is 26.1 Å². The van der Waals surface area contributed by atoms with Crippen molar-refractivity contribution >= 4 is 16.2 Å². The Labute approximate surface area is 126 Å². The van der Waals surface area contributed by atoms with Crippen LogP contribution in [0.2, 0.25) is 0 Å². The molecule has 2 aliphatic rings. The van der Waals surface area contributed by atoms with Crippen molar-refractivity contribution < 1.29 is 18.3 Å². The predicted molar refractivity (Wildman–Crippen MR) is 79.1 cm³/mol. The third-order valence-electron chi connectivity index (χ3n) is 4.44. The standard InChI is InChI=1S/C13H25N3O4S/c1-2-15-7-5-11(9-15)8-14-21(19,20)16-6-3-4-12(10-16)13(17)18/h11-12,14H,2-10H2,1H3,(H,17,18). The first kappa shape index (κ1) is 16.7. The van der Waals surface area contributed by atoms with Crippen molar-refractivity contribution in [1.29, 1.82) is 0 Å². The van der Waals surface area contributed by atoms with E-state index in [1.807, 2.05) is 0 Å². The Hall–Kier alpha value is -0.700. The molecule has 2 N–H and O–H groups in total. The van der Waals surface area contributed by atoms with Gasteiger partial charge in [0.25, 0.3) is 10.2 Å². The van der Waals surface area contributed by atoms with E-state index in [-0.39, 0.29) is 6.54 Å². The molecule has 2 rings (SSSR count). The lowest BCUT2D eigenvalue weighted by Gasteiger charge is -2.30. The van der Waals surface area contributed by atoms with Crippen molar-refractivity contribution in [2.45, 2.75) is 26.2 Å². The minimum atomic E-state index is -3.56. The van der Waals surface area contributed by atoms with Gasteiger partial charge in [0, 0.05) is 26.2 Å². The lowest BCUT2D eigenvalue weighted by Crippen LogP contribution is -2.48. The highest BCUT2D eigenvalue weighted by atomic mass is 32.2. The summed E-state index contributed by atoms with van der Waals surface area (Å²) < 4.78 is 28.5. The predicted octanol–water partition coefficient (Wildman–Crippen LogP) is -0.0408. The molecule has 21 heavy (non-hydrogen) atoms. The molecule has 0 amide bonds. The molecule has 2 saturated heterocycles. The summed E-state index contributed by atoms with van der Waals surface area (Å²) in [5.74, 6) is -1.15. The molecule has 0 aromatic carbocycles. The number of rotatable bonds is 6. The molecule has 8 heteroatoms. The largest absolute Gasteiger partial charge is 0.481 e. The molecule has 2 fully saturated rings.